The van der Waals surface area contributed by atoms with Gasteiger partial charge in [0.05, 0.1) is 0 Å². The Morgan fingerprint density at radius 1 is 0.906 bits per heavy atom. The van der Waals surface area contributed by atoms with Crippen molar-refractivity contribution >= 4 is 17.6 Å². The Kier molecular flexibility index (Phi) is 12.8. The number of allylic oxidation sites excluding steroid dienone is 2. The molecule has 1 aliphatic rings. The average molecular weight is 442 g/mol. The Morgan fingerprint density at radius 2 is 1.50 bits per heavy atom. The predicted octanol–water partition coefficient (Wildman–Crippen LogP) is 7.46. The summed E-state index contributed by atoms with van der Waals surface area (Å²) in [6.07, 6.45) is 22.2. The molecule has 178 valence electrons. The molecule has 32 heavy (non-hydrogen) atoms. The average Bonchev–Trinajstić information content (AvgIpc) is 2.80. The summed E-state index contributed by atoms with van der Waals surface area (Å²) in [5, 5.41) is 9.59. The van der Waals surface area contributed by atoms with Crippen molar-refractivity contribution in [2.24, 2.45) is 0 Å². The van der Waals surface area contributed by atoms with E-state index in [-0.39, 0.29) is 5.91 Å². The number of fused-ring (bicyclic) bond motifs is 1. The van der Waals surface area contributed by atoms with Crippen LogP contribution in [-0.2, 0) is 16.0 Å². The molecule has 0 aromatic heterocycles. The molecule has 1 N–H and O–H groups in total. The molecule has 0 saturated carbocycles. The fourth-order valence-corrected chi connectivity index (χ4v) is 4.56. The first-order valence-corrected chi connectivity index (χ1v) is 12.9. The van der Waals surface area contributed by atoms with Gasteiger partial charge in [0.25, 0.3) is 0 Å². The smallest absolute Gasteiger partial charge is 0.326 e. The third-order valence-electron chi connectivity index (χ3n) is 6.46. The summed E-state index contributed by atoms with van der Waals surface area (Å²) < 4.78 is 0. The Balaban J connectivity index is 1.57. The maximum absolute atomic E-state index is 12.9. The van der Waals surface area contributed by atoms with Crippen LogP contribution in [0, 0.1) is 0 Å². The van der Waals surface area contributed by atoms with Gasteiger partial charge < -0.3 is 5.11 Å². The summed E-state index contributed by atoms with van der Waals surface area (Å²) in [6, 6.07) is 6.97. The molecule has 0 aliphatic carbocycles. The quantitative estimate of drug-likeness (QED) is 0.214. The van der Waals surface area contributed by atoms with E-state index in [0.717, 1.165) is 36.9 Å². The second kappa shape index (κ2) is 15.7. The van der Waals surface area contributed by atoms with Crippen LogP contribution >= 0.6 is 0 Å². The lowest BCUT2D eigenvalue weighted by Crippen LogP contribution is -2.48. The van der Waals surface area contributed by atoms with Crippen LogP contribution in [0.25, 0.3) is 0 Å². The van der Waals surface area contributed by atoms with Gasteiger partial charge in [-0.1, -0.05) is 88.6 Å². The Morgan fingerprint density at radius 3 is 2.16 bits per heavy atom. The Hall–Kier alpha value is -2.10. The summed E-state index contributed by atoms with van der Waals surface area (Å²) in [5.41, 5.74) is 1.85. The van der Waals surface area contributed by atoms with Crippen LogP contribution in [0.4, 0.5) is 5.69 Å². The zero-order chi connectivity index (χ0) is 23.0. The Bertz CT molecular complexity index is 712. The number of para-hydroxylation sites is 1. The molecule has 4 heteroatoms. The zero-order valence-corrected chi connectivity index (χ0v) is 20.1. The molecule has 2 rings (SSSR count). The number of hydrogen-bond donors (Lipinski definition) is 1. The van der Waals surface area contributed by atoms with Crippen LogP contribution in [0.1, 0.15) is 109 Å². The van der Waals surface area contributed by atoms with Crippen molar-refractivity contribution in [3.05, 3.63) is 42.0 Å². The summed E-state index contributed by atoms with van der Waals surface area (Å²) in [6.45, 7) is 2.26. The second-order valence-electron chi connectivity index (χ2n) is 9.12. The lowest BCUT2D eigenvalue weighted by atomic mass is 9.95. The van der Waals surface area contributed by atoms with Gasteiger partial charge >= 0.3 is 5.97 Å². The van der Waals surface area contributed by atoms with Gasteiger partial charge in [0.1, 0.15) is 6.04 Å². The van der Waals surface area contributed by atoms with Gasteiger partial charge in [0, 0.05) is 12.1 Å². The van der Waals surface area contributed by atoms with Crippen molar-refractivity contribution in [3.63, 3.8) is 0 Å². The number of aliphatic carboxylic acids is 1. The van der Waals surface area contributed by atoms with E-state index in [1.165, 1.54) is 62.7 Å². The van der Waals surface area contributed by atoms with E-state index in [1.807, 2.05) is 24.3 Å². The minimum atomic E-state index is -0.905. The molecule has 1 heterocycles. The summed E-state index contributed by atoms with van der Waals surface area (Å²) in [7, 11) is 0. The number of rotatable bonds is 16. The molecular weight excluding hydrogens is 398 g/mol. The molecule has 0 spiro atoms. The van der Waals surface area contributed by atoms with Crippen molar-refractivity contribution in [3.8, 4) is 0 Å². The number of carbonyl (C=O) groups is 2. The number of amides is 1. The van der Waals surface area contributed by atoms with Crippen LogP contribution in [0.2, 0.25) is 0 Å². The topological polar surface area (TPSA) is 57.6 Å². The molecule has 4 nitrogen and oxygen atoms in total. The first kappa shape index (κ1) is 26.2. The number of benzene rings is 1. The monoisotopic (exact) mass is 441 g/mol. The SMILES string of the molecule is CCCCCCCC/C=C\CCCCCCCC(=O)N1c2ccccc2CCC1C(=O)O. The number of anilines is 1. The maximum atomic E-state index is 12.9. The fraction of sp³-hybridized carbons (Fsp3) is 0.643. The molecule has 0 bridgehead atoms. The Labute approximate surface area is 195 Å². The van der Waals surface area contributed by atoms with E-state index >= 15 is 0 Å². The fourth-order valence-electron chi connectivity index (χ4n) is 4.56. The van der Waals surface area contributed by atoms with Crippen molar-refractivity contribution < 1.29 is 14.7 Å². The number of carboxylic acid groups (broad SMARTS) is 1. The molecular formula is C28H43NO3. The highest BCUT2D eigenvalue weighted by molar-refractivity contribution is 6.00. The first-order chi connectivity index (χ1) is 15.6. The highest BCUT2D eigenvalue weighted by atomic mass is 16.4. The predicted molar refractivity (Wildman–Crippen MR) is 133 cm³/mol. The molecule has 0 radical (unpaired) electrons. The van der Waals surface area contributed by atoms with Crippen molar-refractivity contribution in [2.45, 2.75) is 116 Å². The van der Waals surface area contributed by atoms with Crippen molar-refractivity contribution in [1.29, 1.82) is 0 Å². The first-order valence-electron chi connectivity index (χ1n) is 12.9. The number of nitrogens with zero attached hydrogens (tertiary/aromatic N) is 1. The van der Waals surface area contributed by atoms with Crippen LogP contribution in [-0.4, -0.2) is 23.0 Å². The molecule has 0 fully saturated rings. The highest BCUT2D eigenvalue weighted by Crippen LogP contribution is 2.31. The third-order valence-corrected chi connectivity index (χ3v) is 6.46. The molecule has 1 atom stereocenters. The van der Waals surface area contributed by atoms with Crippen molar-refractivity contribution in [2.75, 3.05) is 4.90 Å². The summed E-state index contributed by atoms with van der Waals surface area (Å²) in [4.78, 5) is 26.1. The van der Waals surface area contributed by atoms with Gasteiger partial charge in [-0.2, -0.15) is 0 Å². The standard InChI is InChI=1S/C28H43NO3/c1-2-3-4-5-6-7-8-9-10-11-12-13-14-15-16-21-27(30)29-25-20-18-17-19-24(25)22-23-26(29)28(31)32/h9-10,17-20,26H,2-8,11-16,21-23H2,1H3,(H,31,32)/b10-9-. The minimum Gasteiger partial charge on any atom is -0.480 e. The van der Waals surface area contributed by atoms with Gasteiger partial charge in [0.2, 0.25) is 5.91 Å². The van der Waals surface area contributed by atoms with Crippen LogP contribution in [0.3, 0.4) is 0 Å². The lowest BCUT2D eigenvalue weighted by molar-refractivity contribution is -0.140. The van der Waals surface area contributed by atoms with Gasteiger partial charge in [0.15, 0.2) is 0 Å². The van der Waals surface area contributed by atoms with E-state index in [0.29, 0.717) is 19.3 Å². The number of hydrogen-bond acceptors (Lipinski definition) is 2. The van der Waals surface area contributed by atoms with Gasteiger partial charge in [-0.3, -0.25) is 9.69 Å². The minimum absolute atomic E-state index is 0.0535. The van der Waals surface area contributed by atoms with Crippen LogP contribution in [0.15, 0.2) is 36.4 Å². The molecule has 0 saturated heterocycles. The summed E-state index contributed by atoms with van der Waals surface area (Å²) >= 11 is 0. The van der Waals surface area contributed by atoms with E-state index in [9.17, 15) is 14.7 Å². The number of unbranched alkanes of at least 4 members (excludes halogenated alkanes) is 11. The van der Waals surface area contributed by atoms with E-state index in [1.54, 1.807) is 0 Å². The zero-order valence-electron chi connectivity index (χ0n) is 20.1. The van der Waals surface area contributed by atoms with Gasteiger partial charge in [-0.05, 0) is 56.6 Å². The van der Waals surface area contributed by atoms with Gasteiger partial charge in [-0.15, -0.1) is 0 Å². The number of carboxylic acids is 1. The third kappa shape index (κ3) is 9.18. The lowest BCUT2D eigenvalue weighted by Gasteiger charge is -2.35. The number of carbonyl (C=O) groups excluding carboxylic acids is 1. The molecule has 1 amide bonds. The van der Waals surface area contributed by atoms with Crippen molar-refractivity contribution in [1.82, 2.24) is 0 Å². The highest BCUT2D eigenvalue weighted by Gasteiger charge is 2.34. The summed E-state index contributed by atoms with van der Waals surface area (Å²) in [5.74, 6) is -0.959. The molecule has 1 aromatic rings. The second-order valence-corrected chi connectivity index (χ2v) is 9.12. The largest absolute Gasteiger partial charge is 0.480 e. The molecule has 1 aliphatic heterocycles. The normalized spacial score (nSPS) is 15.8. The maximum Gasteiger partial charge on any atom is 0.326 e. The van der Waals surface area contributed by atoms with E-state index in [2.05, 4.69) is 19.1 Å². The van der Waals surface area contributed by atoms with E-state index < -0.39 is 12.0 Å². The van der Waals surface area contributed by atoms with Gasteiger partial charge in [-0.25, -0.2) is 4.79 Å². The van der Waals surface area contributed by atoms with E-state index in [4.69, 9.17) is 0 Å². The molecule has 1 unspecified atom stereocenters. The molecule has 1 aromatic carbocycles. The van der Waals surface area contributed by atoms with Crippen LogP contribution in [0.5, 0.6) is 0 Å². The van der Waals surface area contributed by atoms with Crippen LogP contribution < -0.4 is 4.90 Å². The number of aryl methyl sites for hydroxylation is 1.